The summed E-state index contributed by atoms with van der Waals surface area (Å²) in [5.41, 5.74) is 7.34. The van der Waals surface area contributed by atoms with Crippen molar-refractivity contribution in [1.29, 1.82) is 5.26 Å². The number of carbonyl (C=O) groups is 1. The molecule has 1 aromatic heterocycles. The van der Waals surface area contributed by atoms with Crippen LogP contribution in [0.4, 0.5) is 11.5 Å². The average molecular weight is 444 g/mol. The van der Waals surface area contributed by atoms with E-state index in [1.807, 2.05) is 56.3 Å². The molecule has 0 spiro atoms. The van der Waals surface area contributed by atoms with Gasteiger partial charge in [-0.05, 0) is 67.4 Å². The van der Waals surface area contributed by atoms with Crippen LogP contribution in [0, 0.1) is 25.2 Å². The van der Waals surface area contributed by atoms with E-state index in [1.54, 1.807) is 25.5 Å². The van der Waals surface area contributed by atoms with Crippen molar-refractivity contribution in [3.05, 3.63) is 82.5 Å². The molecule has 0 aliphatic heterocycles. The van der Waals surface area contributed by atoms with Crippen LogP contribution in [0.3, 0.4) is 0 Å². The van der Waals surface area contributed by atoms with E-state index >= 15 is 0 Å². The van der Waals surface area contributed by atoms with Gasteiger partial charge in [-0.2, -0.15) is 10.4 Å². The summed E-state index contributed by atoms with van der Waals surface area (Å²) in [6.07, 6.45) is 1.61. The number of aryl methyl sites for hydroxylation is 2. The van der Waals surface area contributed by atoms with Gasteiger partial charge in [-0.15, -0.1) is 0 Å². The fourth-order valence-electron chi connectivity index (χ4n) is 3.10. The number of carbonyl (C=O) groups excluding carboxylic acids is 1. The number of aromatic nitrogens is 1. The molecule has 0 saturated heterocycles. The van der Waals surface area contributed by atoms with E-state index in [-0.39, 0.29) is 12.5 Å². The van der Waals surface area contributed by atoms with Crippen LogP contribution < -0.4 is 15.5 Å². The zero-order valence-corrected chi connectivity index (χ0v) is 18.8. The molecule has 168 valence electrons. The van der Waals surface area contributed by atoms with E-state index < -0.39 is 0 Å². The monoisotopic (exact) mass is 443 g/mol. The van der Waals surface area contributed by atoms with Crippen LogP contribution in [-0.4, -0.2) is 30.8 Å². The molecule has 0 saturated carbocycles. The third-order valence-corrected chi connectivity index (χ3v) is 4.58. The first kappa shape index (κ1) is 23.4. The van der Waals surface area contributed by atoms with Gasteiger partial charge in [0.1, 0.15) is 17.4 Å². The molecular formula is C25H25N5O3. The predicted molar refractivity (Wildman–Crippen MR) is 127 cm³/mol. The largest absolute Gasteiger partial charge is 0.484 e. The fourth-order valence-corrected chi connectivity index (χ4v) is 3.10. The van der Waals surface area contributed by atoms with E-state index in [0.29, 0.717) is 23.7 Å². The first-order valence-electron chi connectivity index (χ1n) is 10.3. The first-order valence-corrected chi connectivity index (χ1v) is 10.3. The first-order chi connectivity index (χ1) is 16.0. The van der Waals surface area contributed by atoms with Gasteiger partial charge in [-0.1, -0.05) is 12.1 Å². The number of nitrogens with zero attached hydrogens (tertiary/aromatic N) is 3. The summed E-state index contributed by atoms with van der Waals surface area (Å²) >= 11 is 0. The Balaban J connectivity index is 1.55. The lowest BCUT2D eigenvalue weighted by Crippen LogP contribution is -2.20. The minimum absolute atomic E-state index is 0.0945. The van der Waals surface area contributed by atoms with E-state index in [1.165, 1.54) is 0 Å². The van der Waals surface area contributed by atoms with Crippen molar-refractivity contribution in [3.63, 3.8) is 0 Å². The number of pyridine rings is 1. The maximum Gasteiger partial charge on any atom is 0.262 e. The number of ether oxygens (including phenoxy) is 2. The Hall–Kier alpha value is -4.22. The summed E-state index contributed by atoms with van der Waals surface area (Å²) in [5.74, 6) is 0.707. The molecule has 3 rings (SSSR count). The standard InChI is InChI=1S/C25H25N5O3/c1-17-5-4-6-21(11-17)29-24(31)16-33-22-9-7-19(8-10-22)14-27-30-25-23(13-26)20(15-32-3)12-18(2)28-25/h4-12,14H,15-16H2,1-3H3,(H,28,30)(H,29,31)/b27-14-. The molecule has 2 aromatic carbocycles. The Morgan fingerprint density at radius 3 is 2.67 bits per heavy atom. The van der Waals surface area contributed by atoms with Gasteiger partial charge in [0.05, 0.1) is 12.8 Å². The van der Waals surface area contributed by atoms with Gasteiger partial charge in [-0.25, -0.2) is 4.98 Å². The molecule has 0 fully saturated rings. The lowest BCUT2D eigenvalue weighted by atomic mass is 10.1. The summed E-state index contributed by atoms with van der Waals surface area (Å²) in [4.78, 5) is 16.4. The topological polar surface area (TPSA) is 109 Å². The van der Waals surface area contributed by atoms with E-state index in [0.717, 1.165) is 28.1 Å². The van der Waals surface area contributed by atoms with Crippen molar-refractivity contribution in [2.24, 2.45) is 5.10 Å². The molecule has 33 heavy (non-hydrogen) atoms. The van der Waals surface area contributed by atoms with E-state index in [9.17, 15) is 10.1 Å². The summed E-state index contributed by atoms with van der Waals surface area (Å²) in [5, 5.41) is 16.5. The third-order valence-electron chi connectivity index (χ3n) is 4.58. The van der Waals surface area contributed by atoms with Crippen LogP contribution in [0.15, 0.2) is 59.7 Å². The molecule has 1 amide bonds. The lowest BCUT2D eigenvalue weighted by Gasteiger charge is -2.09. The van der Waals surface area contributed by atoms with Gasteiger partial charge in [0.15, 0.2) is 12.4 Å². The van der Waals surface area contributed by atoms with Crippen molar-refractivity contribution in [2.45, 2.75) is 20.5 Å². The maximum absolute atomic E-state index is 12.1. The zero-order chi connectivity index (χ0) is 23.6. The summed E-state index contributed by atoms with van der Waals surface area (Å²) in [7, 11) is 1.58. The van der Waals surface area contributed by atoms with Gasteiger partial charge < -0.3 is 14.8 Å². The molecule has 1 heterocycles. The van der Waals surface area contributed by atoms with Gasteiger partial charge in [-0.3, -0.25) is 10.2 Å². The normalized spacial score (nSPS) is 10.6. The smallest absolute Gasteiger partial charge is 0.262 e. The van der Waals surface area contributed by atoms with Crippen LogP contribution in [0.1, 0.15) is 27.9 Å². The second kappa shape index (κ2) is 11.4. The maximum atomic E-state index is 12.1. The molecule has 0 aliphatic rings. The minimum atomic E-state index is -0.234. The summed E-state index contributed by atoms with van der Waals surface area (Å²) < 4.78 is 10.7. The number of rotatable bonds is 9. The lowest BCUT2D eigenvalue weighted by molar-refractivity contribution is -0.118. The molecule has 8 nitrogen and oxygen atoms in total. The third kappa shape index (κ3) is 6.89. The average Bonchev–Trinajstić information content (AvgIpc) is 2.79. The van der Waals surface area contributed by atoms with Crippen molar-refractivity contribution in [2.75, 3.05) is 24.5 Å². The molecular weight excluding hydrogens is 418 g/mol. The second-order valence-corrected chi connectivity index (χ2v) is 7.34. The SMILES string of the molecule is COCc1cc(C)nc(N/N=C\c2ccc(OCC(=O)Nc3cccc(C)c3)cc2)c1C#N. The Bertz CT molecular complexity index is 1180. The number of hydrogen-bond donors (Lipinski definition) is 2. The number of nitriles is 1. The van der Waals surface area contributed by atoms with E-state index in [4.69, 9.17) is 9.47 Å². The molecule has 0 atom stereocenters. The zero-order valence-electron chi connectivity index (χ0n) is 18.8. The second-order valence-electron chi connectivity index (χ2n) is 7.34. The highest BCUT2D eigenvalue weighted by molar-refractivity contribution is 5.92. The molecule has 0 bridgehead atoms. The van der Waals surface area contributed by atoms with Crippen molar-refractivity contribution >= 4 is 23.6 Å². The fraction of sp³-hybridized carbons (Fsp3) is 0.200. The van der Waals surface area contributed by atoms with Crippen molar-refractivity contribution in [3.8, 4) is 11.8 Å². The quantitative estimate of drug-likeness (QED) is 0.379. The molecule has 8 heteroatoms. The van der Waals surface area contributed by atoms with Gasteiger partial charge >= 0.3 is 0 Å². The van der Waals surface area contributed by atoms with Crippen LogP contribution in [0.5, 0.6) is 5.75 Å². The number of benzene rings is 2. The molecule has 3 aromatic rings. The van der Waals surface area contributed by atoms with E-state index in [2.05, 4.69) is 26.9 Å². The molecule has 0 aliphatic carbocycles. The number of anilines is 2. The van der Waals surface area contributed by atoms with Gasteiger partial charge in [0, 0.05) is 24.1 Å². The summed E-state index contributed by atoms with van der Waals surface area (Å²) in [6, 6.07) is 18.7. The van der Waals surface area contributed by atoms with Crippen molar-refractivity contribution in [1.82, 2.24) is 4.98 Å². The molecule has 0 unspecified atom stereocenters. The van der Waals surface area contributed by atoms with Crippen molar-refractivity contribution < 1.29 is 14.3 Å². The number of hydrogen-bond acceptors (Lipinski definition) is 7. The minimum Gasteiger partial charge on any atom is -0.484 e. The highest BCUT2D eigenvalue weighted by Gasteiger charge is 2.11. The van der Waals surface area contributed by atoms with Gasteiger partial charge in [0.25, 0.3) is 5.91 Å². The number of amides is 1. The Labute approximate surface area is 192 Å². The highest BCUT2D eigenvalue weighted by Crippen LogP contribution is 2.19. The number of methoxy groups -OCH3 is 1. The predicted octanol–water partition coefficient (Wildman–Crippen LogP) is 4.18. The van der Waals surface area contributed by atoms with Crippen LogP contribution in [0.25, 0.3) is 0 Å². The molecule has 2 N–H and O–H groups in total. The van der Waals surface area contributed by atoms with Crippen LogP contribution in [-0.2, 0) is 16.1 Å². The van der Waals surface area contributed by atoms with Crippen LogP contribution >= 0.6 is 0 Å². The highest BCUT2D eigenvalue weighted by atomic mass is 16.5. The van der Waals surface area contributed by atoms with Crippen LogP contribution in [0.2, 0.25) is 0 Å². The Kier molecular flexibility index (Phi) is 8.11. The Morgan fingerprint density at radius 2 is 1.97 bits per heavy atom. The molecule has 0 radical (unpaired) electrons. The number of nitrogens with one attached hydrogen (secondary N) is 2. The van der Waals surface area contributed by atoms with Gasteiger partial charge in [0.2, 0.25) is 0 Å². The number of hydrazone groups is 1. The summed E-state index contributed by atoms with van der Waals surface area (Å²) in [6.45, 7) is 4.03. The Morgan fingerprint density at radius 1 is 1.18 bits per heavy atom.